The summed E-state index contributed by atoms with van der Waals surface area (Å²) in [5.41, 5.74) is 2.86. The molecule has 0 spiro atoms. The van der Waals surface area contributed by atoms with Crippen molar-refractivity contribution in [1.82, 2.24) is 21.1 Å². The third-order valence-corrected chi connectivity index (χ3v) is 6.59. The number of hydrazine groups is 1. The number of nitrogens with zero attached hydrogens (tertiary/aromatic N) is 1. The highest BCUT2D eigenvalue weighted by molar-refractivity contribution is 6.42. The molecule has 1 heterocycles. The van der Waals surface area contributed by atoms with E-state index in [0.29, 0.717) is 21.8 Å². The zero-order valence-electron chi connectivity index (χ0n) is 15.9. The maximum atomic E-state index is 12.6. The number of ether oxygens (including phenoxy) is 1. The second-order valence-electron chi connectivity index (χ2n) is 8.39. The Morgan fingerprint density at radius 2 is 1.89 bits per heavy atom. The zero-order chi connectivity index (χ0) is 20.1. The molecule has 3 N–H and O–H groups in total. The number of nitrogens with one attached hydrogen (secondary N) is 3. The van der Waals surface area contributed by atoms with Crippen LogP contribution in [0.5, 0.6) is 5.75 Å². The molecule has 2 bridgehead atoms. The van der Waals surface area contributed by atoms with Crippen LogP contribution in [0.3, 0.4) is 0 Å². The molecule has 1 aliphatic heterocycles. The summed E-state index contributed by atoms with van der Waals surface area (Å²) in [5.74, 6) is 0.371. The SMILES string of the molecule is CC1CC(C(=O)NC23CC(NC(=O)COc4ccc(Cl)c(Cl)c4)(C2)C3)N(C)N1. The Bertz CT molecular complexity index is 799. The van der Waals surface area contributed by atoms with Gasteiger partial charge in [-0.1, -0.05) is 23.2 Å². The molecular weight excluding hydrogens is 403 g/mol. The van der Waals surface area contributed by atoms with Crippen LogP contribution in [0, 0.1) is 0 Å². The van der Waals surface area contributed by atoms with Gasteiger partial charge in [-0.15, -0.1) is 0 Å². The van der Waals surface area contributed by atoms with Crippen LogP contribution >= 0.6 is 23.2 Å². The molecule has 9 heteroatoms. The molecule has 4 fully saturated rings. The highest BCUT2D eigenvalue weighted by Gasteiger charge is 2.69. The Balaban J connectivity index is 1.21. The van der Waals surface area contributed by atoms with Gasteiger partial charge >= 0.3 is 0 Å². The number of likely N-dealkylation sites (N-methyl/N-ethyl adjacent to an activating group) is 1. The van der Waals surface area contributed by atoms with Gasteiger partial charge in [0.15, 0.2) is 6.61 Å². The van der Waals surface area contributed by atoms with Crippen molar-refractivity contribution in [3.8, 4) is 5.75 Å². The normalized spacial score (nSPS) is 33.6. The van der Waals surface area contributed by atoms with Gasteiger partial charge in [0.1, 0.15) is 11.8 Å². The molecule has 1 saturated heterocycles. The average Bonchev–Trinajstić information content (AvgIpc) is 2.91. The predicted molar refractivity (Wildman–Crippen MR) is 106 cm³/mol. The predicted octanol–water partition coefficient (Wildman–Crippen LogP) is 1.88. The maximum Gasteiger partial charge on any atom is 0.258 e. The number of amides is 2. The average molecular weight is 427 g/mol. The van der Waals surface area contributed by atoms with Crippen LogP contribution in [-0.4, -0.2) is 53.6 Å². The third-order valence-electron chi connectivity index (χ3n) is 5.86. The molecule has 1 aromatic carbocycles. The van der Waals surface area contributed by atoms with Crippen LogP contribution in [0.1, 0.15) is 32.6 Å². The molecule has 152 valence electrons. The number of carbonyl (C=O) groups excluding carboxylic acids is 2. The molecule has 0 aromatic heterocycles. The quantitative estimate of drug-likeness (QED) is 0.646. The van der Waals surface area contributed by atoms with Crippen molar-refractivity contribution < 1.29 is 14.3 Å². The van der Waals surface area contributed by atoms with Crippen LogP contribution in [0.25, 0.3) is 0 Å². The number of benzene rings is 1. The monoisotopic (exact) mass is 426 g/mol. The van der Waals surface area contributed by atoms with E-state index in [1.807, 2.05) is 12.1 Å². The van der Waals surface area contributed by atoms with Gasteiger partial charge in [-0.3, -0.25) is 15.0 Å². The van der Waals surface area contributed by atoms with E-state index < -0.39 is 0 Å². The van der Waals surface area contributed by atoms with Gasteiger partial charge in [0.2, 0.25) is 5.91 Å². The summed E-state index contributed by atoms with van der Waals surface area (Å²) in [6.45, 7) is 1.98. The highest BCUT2D eigenvalue weighted by Crippen LogP contribution is 2.60. The van der Waals surface area contributed by atoms with Gasteiger partial charge in [0.25, 0.3) is 5.91 Å². The molecular formula is C19H24Cl2N4O3. The van der Waals surface area contributed by atoms with Gasteiger partial charge in [0, 0.05) is 30.2 Å². The van der Waals surface area contributed by atoms with Gasteiger partial charge in [0.05, 0.1) is 10.0 Å². The Morgan fingerprint density at radius 3 is 2.50 bits per heavy atom. The topological polar surface area (TPSA) is 82.7 Å². The summed E-state index contributed by atoms with van der Waals surface area (Å²) in [6, 6.07) is 5.04. The minimum atomic E-state index is -0.210. The molecule has 5 rings (SSSR count). The van der Waals surface area contributed by atoms with Crippen LogP contribution in [0.4, 0.5) is 0 Å². The second kappa shape index (κ2) is 7.06. The molecule has 7 nitrogen and oxygen atoms in total. The van der Waals surface area contributed by atoms with E-state index in [0.717, 1.165) is 25.7 Å². The fourth-order valence-electron chi connectivity index (χ4n) is 4.71. The molecule has 3 aliphatic carbocycles. The second-order valence-corrected chi connectivity index (χ2v) is 9.20. The number of hydrogen-bond donors (Lipinski definition) is 3. The van der Waals surface area contributed by atoms with Crippen molar-refractivity contribution in [3.63, 3.8) is 0 Å². The minimum Gasteiger partial charge on any atom is -0.484 e. The first-order valence-electron chi connectivity index (χ1n) is 9.39. The van der Waals surface area contributed by atoms with Crippen LogP contribution in [0.15, 0.2) is 18.2 Å². The molecule has 1 aromatic rings. The van der Waals surface area contributed by atoms with Crippen molar-refractivity contribution in [2.75, 3.05) is 13.7 Å². The van der Waals surface area contributed by atoms with Crippen LogP contribution in [-0.2, 0) is 9.59 Å². The Morgan fingerprint density at radius 1 is 1.21 bits per heavy atom. The molecule has 2 atom stereocenters. The minimum absolute atomic E-state index is 0.0573. The summed E-state index contributed by atoms with van der Waals surface area (Å²) in [7, 11) is 1.89. The maximum absolute atomic E-state index is 12.6. The zero-order valence-corrected chi connectivity index (χ0v) is 17.4. The number of hydrogen-bond acceptors (Lipinski definition) is 5. The lowest BCUT2D eigenvalue weighted by Gasteiger charge is -2.70. The Kier molecular flexibility index (Phi) is 4.98. The molecule has 2 unspecified atom stereocenters. The first kappa shape index (κ1) is 19.8. The Labute approximate surface area is 174 Å². The van der Waals surface area contributed by atoms with E-state index in [2.05, 4.69) is 23.0 Å². The smallest absolute Gasteiger partial charge is 0.258 e. The molecule has 0 radical (unpaired) electrons. The summed E-state index contributed by atoms with van der Waals surface area (Å²) < 4.78 is 5.48. The van der Waals surface area contributed by atoms with Gasteiger partial charge in [-0.05, 0) is 44.7 Å². The molecule has 3 saturated carbocycles. The lowest BCUT2D eigenvalue weighted by molar-refractivity contribution is -0.152. The van der Waals surface area contributed by atoms with Crippen molar-refractivity contribution >= 4 is 35.0 Å². The first-order valence-corrected chi connectivity index (χ1v) is 10.1. The van der Waals surface area contributed by atoms with Gasteiger partial charge < -0.3 is 15.4 Å². The van der Waals surface area contributed by atoms with E-state index >= 15 is 0 Å². The number of carbonyl (C=O) groups is 2. The lowest BCUT2D eigenvalue weighted by atomic mass is 9.44. The van der Waals surface area contributed by atoms with Gasteiger partial charge in [-0.25, -0.2) is 5.01 Å². The van der Waals surface area contributed by atoms with E-state index in [9.17, 15) is 9.59 Å². The third kappa shape index (κ3) is 3.68. The fraction of sp³-hybridized carbons (Fsp3) is 0.579. The highest BCUT2D eigenvalue weighted by atomic mass is 35.5. The summed E-state index contributed by atoms with van der Waals surface area (Å²) in [6.07, 6.45) is 3.10. The largest absolute Gasteiger partial charge is 0.484 e. The van der Waals surface area contributed by atoms with Crippen molar-refractivity contribution in [2.45, 2.75) is 55.8 Å². The summed E-state index contributed by atoms with van der Waals surface area (Å²) in [4.78, 5) is 24.8. The van der Waals surface area contributed by atoms with E-state index in [-0.39, 0.29) is 35.5 Å². The molecule has 28 heavy (non-hydrogen) atoms. The number of halogens is 2. The first-order chi connectivity index (χ1) is 13.2. The van der Waals surface area contributed by atoms with E-state index in [4.69, 9.17) is 27.9 Å². The van der Waals surface area contributed by atoms with E-state index in [1.165, 1.54) is 0 Å². The van der Waals surface area contributed by atoms with Crippen molar-refractivity contribution in [1.29, 1.82) is 0 Å². The standard InChI is InChI=1S/C19H24Cl2N4O3/c1-11-5-15(25(2)24-11)17(27)23-19-8-18(9-19,10-19)22-16(26)7-28-12-3-4-13(20)14(21)6-12/h3-4,6,11,15,24H,5,7-10H2,1-2H3,(H,22,26)(H,23,27). The van der Waals surface area contributed by atoms with Crippen LogP contribution in [0.2, 0.25) is 10.0 Å². The number of rotatable bonds is 6. The van der Waals surface area contributed by atoms with Gasteiger partial charge in [-0.2, -0.15) is 0 Å². The fourth-order valence-corrected chi connectivity index (χ4v) is 5.00. The van der Waals surface area contributed by atoms with Crippen molar-refractivity contribution in [2.24, 2.45) is 0 Å². The lowest BCUT2D eigenvalue weighted by Crippen LogP contribution is -2.84. The molecule has 2 amide bonds. The Hall–Kier alpha value is -1.54. The summed E-state index contributed by atoms with van der Waals surface area (Å²) in [5, 5.41) is 8.93. The van der Waals surface area contributed by atoms with Crippen LogP contribution < -0.4 is 20.8 Å². The summed E-state index contributed by atoms with van der Waals surface area (Å²) >= 11 is 11.8. The van der Waals surface area contributed by atoms with E-state index in [1.54, 1.807) is 18.2 Å². The molecule has 4 aliphatic rings. The van der Waals surface area contributed by atoms with Crippen molar-refractivity contribution in [3.05, 3.63) is 28.2 Å².